The molecular formula is C12H13ClF2N2O3. The molecule has 0 aliphatic rings. The van der Waals surface area contributed by atoms with Crippen LogP contribution >= 0.6 is 11.6 Å². The van der Waals surface area contributed by atoms with E-state index in [0.717, 1.165) is 0 Å². The molecule has 0 aliphatic carbocycles. The molecule has 0 heterocycles. The average molecular weight is 307 g/mol. The van der Waals surface area contributed by atoms with Crippen LogP contribution in [0.2, 0.25) is 0 Å². The second-order valence-corrected chi connectivity index (χ2v) is 4.96. The first-order chi connectivity index (χ1) is 9.32. The fraction of sp³-hybridized carbons (Fsp3) is 0.417. The number of amides is 1. The lowest BCUT2D eigenvalue weighted by Gasteiger charge is -2.07. The second-order valence-electron chi connectivity index (χ2n) is 4.22. The number of hydrogen-bond acceptors (Lipinski definition) is 3. The van der Waals surface area contributed by atoms with Crippen LogP contribution < -0.4 is 5.32 Å². The van der Waals surface area contributed by atoms with E-state index in [1.165, 1.54) is 0 Å². The predicted octanol–water partition coefficient (Wildman–Crippen LogP) is 3.01. The van der Waals surface area contributed by atoms with E-state index in [0.29, 0.717) is 25.0 Å². The number of nitrogens with one attached hydrogen (secondary N) is 1. The Morgan fingerprint density at radius 3 is 2.60 bits per heavy atom. The van der Waals surface area contributed by atoms with Gasteiger partial charge in [0, 0.05) is 11.9 Å². The standard InChI is InChI=1S/C12H13ClF2N2O3/c1-7(13)3-2-4-16-12(18)8-5-9(14)10(15)6-11(8)17(19)20/h5-7H,2-4H2,1H3,(H,16,18). The van der Waals surface area contributed by atoms with Crippen molar-refractivity contribution in [3.8, 4) is 0 Å². The molecule has 0 radical (unpaired) electrons. The molecule has 1 aromatic rings. The first-order valence-corrected chi connectivity index (χ1v) is 6.32. The summed E-state index contributed by atoms with van der Waals surface area (Å²) in [5.74, 6) is -3.50. The Bertz CT molecular complexity index is 524. The molecule has 0 saturated carbocycles. The summed E-state index contributed by atoms with van der Waals surface area (Å²) in [7, 11) is 0. The van der Waals surface area contributed by atoms with E-state index >= 15 is 0 Å². The summed E-state index contributed by atoms with van der Waals surface area (Å²) >= 11 is 5.72. The van der Waals surface area contributed by atoms with Crippen molar-refractivity contribution >= 4 is 23.2 Å². The molecule has 110 valence electrons. The maximum atomic E-state index is 13.1. The van der Waals surface area contributed by atoms with E-state index in [1.54, 1.807) is 6.92 Å². The van der Waals surface area contributed by atoms with Crippen molar-refractivity contribution in [1.82, 2.24) is 5.32 Å². The maximum Gasteiger partial charge on any atom is 0.285 e. The summed E-state index contributed by atoms with van der Waals surface area (Å²) in [6.45, 7) is 2.04. The van der Waals surface area contributed by atoms with Crippen LogP contribution in [-0.2, 0) is 0 Å². The van der Waals surface area contributed by atoms with Crippen LogP contribution in [0.5, 0.6) is 0 Å². The number of carbonyl (C=O) groups is 1. The van der Waals surface area contributed by atoms with E-state index in [1.807, 2.05) is 0 Å². The van der Waals surface area contributed by atoms with Crippen molar-refractivity contribution in [2.24, 2.45) is 0 Å². The Balaban J connectivity index is 2.81. The number of halogens is 3. The molecule has 1 rings (SSSR count). The third-order valence-corrected chi connectivity index (χ3v) is 2.76. The molecule has 1 amide bonds. The van der Waals surface area contributed by atoms with E-state index < -0.39 is 33.7 Å². The minimum absolute atomic E-state index is 0.0514. The molecule has 20 heavy (non-hydrogen) atoms. The Morgan fingerprint density at radius 1 is 1.45 bits per heavy atom. The number of alkyl halides is 1. The fourth-order valence-corrected chi connectivity index (χ4v) is 1.70. The van der Waals surface area contributed by atoms with Gasteiger partial charge in [0.15, 0.2) is 11.6 Å². The van der Waals surface area contributed by atoms with Crippen LogP contribution in [0.25, 0.3) is 0 Å². The smallest absolute Gasteiger partial charge is 0.285 e. The number of rotatable bonds is 6. The lowest BCUT2D eigenvalue weighted by molar-refractivity contribution is -0.385. The molecule has 0 aromatic heterocycles. The van der Waals surface area contributed by atoms with Crippen LogP contribution in [-0.4, -0.2) is 22.8 Å². The number of nitro groups is 1. The van der Waals surface area contributed by atoms with Crippen molar-refractivity contribution in [1.29, 1.82) is 0 Å². The minimum atomic E-state index is -1.37. The van der Waals surface area contributed by atoms with E-state index in [4.69, 9.17) is 11.6 Å². The molecule has 1 N–H and O–H groups in total. The van der Waals surface area contributed by atoms with Gasteiger partial charge in [-0.1, -0.05) is 0 Å². The molecule has 0 fully saturated rings. The Hall–Kier alpha value is -1.76. The van der Waals surface area contributed by atoms with Gasteiger partial charge in [-0.2, -0.15) is 0 Å². The zero-order valence-corrected chi connectivity index (χ0v) is 11.4. The molecule has 0 aliphatic heterocycles. The van der Waals surface area contributed by atoms with Crippen molar-refractivity contribution in [3.63, 3.8) is 0 Å². The molecule has 1 unspecified atom stereocenters. The Kier molecular flexibility index (Phi) is 5.82. The highest BCUT2D eigenvalue weighted by Gasteiger charge is 2.23. The Labute approximate surface area is 119 Å². The van der Waals surface area contributed by atoms with Crippen molar-refractivity contribution in [2.45, 2.75) is 25.1 Å². The van der Waals surface area contributed by atoms with Crippen LogP contribution in [0.3, 0.4) is 0 Å². The van der Waals surface area contributed by atoms with Crippen molar-refractivity contribution < 1.29 is 18.5 Å². The second kappa shape index (κ2) is 7.14. The quantitative estimate of drug-likeness (QED) is 0.380. The van der Waals surface area contributed by atoms with E-state index in [-0.39, 0.29) is 11.9 Å². The van der Waals surface area contributed by atoms with Crippen molar-refractivity contribution in [2.75, 3.05) is 6.54 Å². The molecule has 5 nitrogen and oxygen atoms in total. The zero-order chi connectivity index (χ0) is 15.3. The SMILES string of the molecule is CC(Cl)CCCNC(=O)c1cc(F)c(F)cc1[N+](=O)[O-]. The van der Waals surface area contributed by atoms with Gasteiger partial charge in [-0.15, -0.1) is 11.6 Å². The number of carbonyl (C=O) groups excluding carboxylic acids is 1. The number of nitro benzene ring substituents is 1. The molecule has 0 spiro atoms. The fourth-order valence-electron chi connectivity index (χ4n) is 1.55. The average Bonchev–Trinajstić information content (AvgIpc) is 2.36. The summed E-state index contributed by atoms with van der Waals surface area (Å²) in [5.41, 5.74) is -1.28. The lowest BCUT2D eigenvalue weighted by Crippen LogP contribution is -2.26. The van der Waals surface area contributed by atoms with E-state index in [9.17, 15) is 23.7 Å². The maximum absolute atomic E-state index is 13.1. The topological polar surface area (TPSA) is 72.2 Å². The third-order valence-electron chi connectivity index (χ3n) is 2.54. The molecule has 0 saturated heterocycles. The molecule has 8 heteroatoms. The summed E-state index contributed by atoms with van der Waals surface area (Å²) in [6.07, 6.45) is 1.23. The monoisotopic (exact) mass is 306 g/mol. The molecular weight excluding hydrogens is 294 g/mol. The van der Waals surface area contributed by atoms with Gasteiger partial charge in [0.2, 0.25) is 0 Å². The lowest BCUT2D eigenvalue weighted by atomic mass is 10.1. The van der Waals surface area contributed by atoms with Crippen LogP contribution in [0.4, 0.5) is 14.5 Å². The normalized spacial score (nSPS) is 12.0. The van der Waals surface area contributed by atoms with Crippen molar-refractivity contribution in [3.05, 3.63) is 39.4 Å². The first-order valence-electron chi connectivity index (χ1n) is 5.88. The first kappa shape index (κ1) is 16.3. The van der Waals surface area contributed by atoms with Crippen LogP contribution in [0.1, 0.15) is 30.1 Å². The van der Waals surface area contributed by atoms with Gasteiger partial charge >= 0.3 is 0 Å². The highest BCUT2D eigenvalue weighted by Crippen LogP contribution is 2.22. The largest absolute Gasteiger partial charge is 0.352 e. The summed E-state index contributed by atoms with van der Waals surface area (Å²) in [6, 6.07) is 0.915. The van der Waals surface area contributed by atoms with Gasteiger partial charge < -0.3 is 5.32 Å². The Morgan fingerprint density at radius 2 is 2.05 bits per heavy atom. The van der Waals surface area contributed by atoms with Gasteiger partial charge in [0.05, 0.1) is 11.0 Å². The van der Waals surface area contributed by atoms with Crippen LogP contribution in [0.15, 0.2) is 12.1 Å². The van der Waals surface area contributed by atoms with Gasteiger partial charge in [0.1, 0.15) is 5.56 Å². The van der Waals surface area contributed by atoms with Gasteiger partial charge in [-0.3, -0.25) is 14.9 Å². The minimum Gasteiger partial charge on any atom is -0.352 e. The van der Waals surface area contributed by atoms with Gasteiger partial charge in [-0.05, 0) is 25.8 Å². The van der Waals surface area contributed by atoms with Crippen LogP contribution in [0, 0.1) is 21.7 Å². The molecule has 1 atom stereocenters. The molecule has 1 aromatic carbocycles. The third kappa shape index (κ3) is 4.41. The predicted molar refractivity (Wildman–Crippen MR) is 69.9 cm³/mol. The number of nitrogens with zero attached hydrogens (tertiary/aromatic N) is 1. The molecule has 0 bridgehead atoms. The number of hydrogen-bond donors (Lipinski definition) is 1. The van der Waals surface area contributed by atoms with Gasteiger partial charge in [0.25, 0.3) is 11.6 Å². The summed E-state index contributed by atoms with van der Waals surface area (Å²) in [4.78, 5) is 21.5. The zero-order valence-electron chi connectivity index (χ0n) is 10.7. The number of benzene rings is 1. The summed E-state index contributed by atoms with van der Waals surface area (Å²) in [5, 5.41) is 13.1. The highest BCUT2D eigenvalue weighted by atomic mass is 35.5. The van der Waals surface area contributed by atoms with E-state index in [2.05, 4.69) is 5.32 Å². The summed E-state index contributed by atoms with van der Waals surface area (Å²) < 4.78 is 26.0. The highest BCUT2D eigenvalue weighted by molar-refractivity contribution is 6.20. The van der Waals surface area contributed by atoms with Gasteiger partial charge in [-0.25, -0.2) is 8.78 Å².